The van der Waals surface area contributed by atoms with Crippen molar-refractivity contribution >= 4 is 5.97 Å². The van der Waals surface area contributed by atoms with Crippen LogP contribution in [0.5, 0.6) is 0 Å². The smallest absolute Gasteiger partial charge is 0.302 e. The van der Waals surface area contributed by atoms with Crippen LogP contribution in [-0.2, 0) is 28.5 Å². The first kappa shape index (κ1) is 46.2. The zero-order valence-electron chi connectivity index (χ0n) is 36.1. The van der Waals surface area contributed by atoms with Crippen LogP contribution < -0.4 is 0 Å². The van der Waals surface area contributed by atoms with E-state index in [-0.39, 0.29) is 34.0 Å². The number of aliphatic hydroxyl groups excluding tert-OH is 7. The Morgan fingerprint density at radius 3 is 2.09 bits per heavy atom. The molecule has 2 aliphatic heterocycles. The number of carbonyl (C=O) groups is 1. The highest BCUT2D eigenvalue weighted by atomic mass is 16.8. The van der Waals surface area contributed by atoms with E-state index in [0.29, 0.717) is 25.2 Å². The predicted octanol–water partition coefficient (Wildman–Crippen LogP) is 2.72. The summed E-state index contributed by atoms with van der Waals surface area (Å²) in [7, 11) is 0. The summed E-state index contributed by atoms with van der Waals surface area (Å²) in [6, 6.07) is 0. The molecular weight excluding hydrogens is 752 g/mol. The van der Waals surface area contributed by atoms with E-state index in [1.165, 1.54) is 12.5 Å². The first-order chi connectivity index (χ1) is 26.9. The molecule has 2 saturated heterocycles. The van der Waals surface area contributed by atoms with Gasteiger partial charge in [0.1, 0.15) is 55.4 Å². The van der Waals surface area contributed by atoms with Crippen molar-refractivity contribution in [3.8, 4) is 0 Å². The van der Waals surface area contributed by atoms with E-state index in [9.17, 15) is 45.6 Å². The second-order valence-electron chi connectivity index (χ2n) is 20.7. The van der Waals surface area contributed by atoms with Gasteiger partial charge in [-0.3, -0.25) is 4.79 Å². The van der Waals surface area contributed by atoms with Crippen LogP contribution in [0.2, 0.25) is 0 Å². The minimum atomic E-state index is -1.79. The monoisotopic (exact) mass is 827 g/mol. The van der Waals surface area contributed by atoms with E-state index in [1.807, 2.05) is 6.92 Å². The molecule has 14 nitrogen and oxygen atoms in total. The molecule has 0 radical (unpaired) electrons. The highest BCUT2D eigenvalue weighted by Gasteiger charge is 2.71. The molecule has 6 aliphatic rings. The summed E-state index contributed by atoms with van der Waals surface area (Å²) in [6.07, 6.45) is -6.92. The Morgan fingerprint density at radius 1 is 0.793 bits per heavy atom. The van der Waals surface area contributed by atoms with E-state index in [2.05, 4.69) is 54.5 Å². The first-order valence-electron chi connectivity index (χ1n) is 21.8. The van der Waals surface area contributed by atoms with Crippen molar-refractivity contribution < 1.29 is 69.3 Å². The normalized spacial score (nSPS) is 49.8. The fourth-order valence-electron chi connectivity index (χ4n) is 13.3. The lowest BCUT2D eigenvalue weighted by atomic mass is 9.34. The molecule has 2 heterocycles. The van der Waals surface area contributed by atoms with Gasteiger partial charge in [-0.2, -0.15) is 0 Å². The number of esters is 1. The number of rotatable bonds is 11. The lowest BCUT2D eigenvalue weighted by Crippen LogP contribution is -2.68. The number of ether oxygens (including phenoxy) is 5. The quantitative estimate of drug-likeness (QED) is 0.0853. The van der Waals surface area contributed by atoms with Crippen LogP contribution in [0.4, 0.5) is 0 Å². The van der Waals surface area contributed by atoms with Crippen LogP contribution in [0.1, 0.15) is 120 Å². The van der Waals surface area contributed by atoms with E-state index in [0.717, 1.165) is 38.5 Å². The molecule has 0 unspecified atom stereocenters. The fraction of sp³-hybridized carbons (Fsp3) is 0.932. The molecule has 0 aromatic carbocycles. The van der Waals surface area contributed by atoms with Crippen molar-refractivity contribution in [3.63, 3.8) is 0 Å². The molecule has 0 aromatic rings. The summed E-state index contributed by atoms with van der Waals surface area (Å²) in [4.78, 5) is 11.5. The molecule has 58 heavy (non-hydrogen) atoms. The number of allylic oxidation sites excluding steroid dienone is 2. The van der Waals surface area contributed by atoms with Gasteiger partial charge < -0.3 is 64.5 Å². The average molecular weight is 827 g/mol. The minimum absolute atomic E-state index is 0.0192. The largest absolute Gasteiger partial charge is 0.463 e. The maximum absolute atomic E-state index is 12.2. The van der Waals surface area contributed by atoms with Gasteiger partial charge in [0.25, 0.3) is 0 Å². The molecule has 0 amide bonds. The lowest BCUT2D eigenvalue weighted by molar-refractivity contribution is -0.381. The maximum atomic E-state index is 12.2. The number of carbonyl (C=O) groups excluding carboxylic acids is 1. The van der Waals surface area contributed by atoms with Crippen molar-refractivity contribution in [2.24, 2.45) is 45.3 Å². The van der Waals surface area contributed by atoms with Crippen LogP contribution in [0, 0.1) is 45.3 Å². The van der Waals surface area contributed by atoms with Gasteiger partial charge in [0.05, 0.1) is 24.4 Å². The van der Waals surface area contributed by atoms with Crippen molar-refractivity contribution in [3.05, 3.63) is 11.6 Å². The van der Waals surface area contributed by atoms with E-state index in [4.69, 9.17) is 23.7 Å². The Labute approximate surface area is 344 Å². The van der Waals surface area contributed by atoms with Gasteiger partial charge in [-0.15, -0.1) is 0 Å². The minimum Gasteiger partial charge on any atom is -0.463 e. The van der Waals surface area contributed by atoms with Crippen molar-refractivity contribution in [2.45, 2.75) is 199 Å². The van der Waals surface area contributed by atoms with E-state index in [1.54, 1.807) is 0 Å². The van der Waals surface area contributed by atoms with Gasteiger partial charge in [0.15, 0.2) is 12.6 Å². The molecule has 334 valence electrons. The zero-order valence-corrected chi connectivity index (χ0v) is 36.1. The lowest BCUT2D eigenvalue weighted by Gasteiger charge is -2.71. The molecule has 8 N–H and O–H groups in total. The first-order valence-corrected chi connectivity index (χ1v) is 21.8. The SMILES string of the molecule is CC(=O)OC[C@H]1O[C@@H](O[C@H]2[C@H](O[C@H]3CC[C@]4(C)[C@@H]5C[C@H](O)[C@@H]6[C@@H]([C@@](C)(O)CCC=C(C)C)CC[C@]6(C)[C@H]5CC[C@@]4(C)C3(C)C)O[C@H](CO)[C@@H](O)[C@@H]2O)[C@H](O)[C@@H](O)[C@@H]1O. The second kappa shape index (κ2) is 16.8. The summed E-state index contributed by atoms with van der Waals surface area (Å²) in [5.74, 6) is 0.0156. The third-order valence-electron chi connectivity index (χ3n) is 17.2. The Balaban J connectivity index is 1.22. The van der Waals surface area contributed by atoms with Gasteiger partial charge in [-0.25, -0.2) is 0 Å². The number of fused-ring (bicyclic) bond motifs is 5. The van der Waals surface area contributed by atoms with Gasteiger partial charge >= 0.3 is 5.97 Å². The number of aliphatic hydroxyl groups is 8. The van der Waals surface area contributed by atoms with Crippen LogP contribution in [0.15, 0.2) is 11.6 Å². The van der Waals surface area contributed by atoms with E-state index < -0.39 is 104 Å². The molecule has 0 bridgehead atoms. The molecule has 4 aliphatic carbocycles. The summed E-state index contributed by atoms with van der Waals surface area (Å²) >= 11 is 0. The summed E-state index contributed by atoms with van der Waals surface area (Å²) in [5.41, 5.74) is -0.713. The standard InChI is InChI=1S/C44H74O14/c1-22(2)11-10-15-43(8,53)25-12-16-41(6)24-13-18-44(9)40(4,5)30(14-17-42(44,7)26(24)19-27(47)31(25)41)57-39-37(35(51)32(48)28(20-45)55-39)58-38-36(52)34(50)33(49)29(56-38)21-54-23(3)46/h11,24-39,45,47-53H,10,12-21H2,1-9H3/t24-,25-,26+,27-,28+,29+,30-,31-,32+,33+,34-,35-,36+,37+,38-,39-,41+,42+,43-,44-/m0/s1. The highest BCUT2D eigenvalue weighted by Crippen LogP contribution is 2.75. The zero-order chi connectivity index (χ0) is 42.9. The fourth-order valence-corrected chi connectivity index (χ4v) is 13.3. The van der Waals surface area contributed by atoms with Crippen LogP contribution in [0.3, 0.4) is 0 Å². The van der Waals surface area contributed by atoms with Gasteiger partial charge in [-0.1, -0.05) is 46.3 Å². The number of hydrogen-bond acceptors (Lipinski definition) is 14. The molecule has 6 fully saturated rings. The molecule has 14 heteroatoms. The summed E-state index contributed by atoms with van der Waals surface area (Å²) < 4.78 is 29.7. The Bertz CT molecular complexity index is 1480. The van der Waals surface area contributed by atoms with Crippen molar-refractivity contribution in [2.75, 3.05) is 13.2 Å². The Kier molecular flexibility index (Phi) is 13.4. The van der Waals surface area contributed by atoms with Gasteiger partial charge in [0, 0.05) is 6.92 Å². The molecule has 4 saturated carbocycles. The molecule has 0 aromatic heterocycles. The maximum Gasteiger partial charge on any atom is 0.302 e. The average Bonchev–Trinajstić information content (AvgIpc) is 3.53. The molecule has 6 rings (SSSR count). The third-order valence-corrected chi connectivity index (χ3v) is 17.2. The van der Waals surface area contributed by atoms with Crippen LogP contribution in [0.25, 0.3) is 0 Å². The van der Waals surface area contributed by atoms with Gasteiger partial charge in [0.2, 0.25) is 0 Å². The van der Waals surface area contributed by atoms with Crippen LogP contribution >= 0.6 is 0 Å². The third kappa shape index (κ3) is 7.76. The second-order valence-corrected chi connectivity index (χ2v) is 20.7. The molecular formula is C44H74O14. The van der Waals surface area contributed by atoms with Crippen molar-refractivity contribution in [1.29, 1.82) is 0 Å². The van der Waals surface area contributed by atoms with Crippen LogP contribution in [-0.4, -0.2) is 139 Å². The predicted molar refractivity (Wildman–Crippen MR) is 210 cm³/mol. The Hall–Kier alpha value is -1.27. The Morgan fingerprint density at radius 2 is 1.45 bits per heavy atom. The summed E-state index contributed by atoms with van der Waals surface area (Å²) in [6.45, 7) is 17.7. The summed E-state index contributed by atoms with van der Waals surface area (Å²) in [5, 5.41) is 88.6. The van der Waals surface area contributed by atoms with Gasteiger partial charge in [-0.05, 0) is 124 Å². The molecule has 0 spiro atoms. The van der Waals surface area contributed by atoms with E-state index >= 15 is 0 Å². The highest BCUT2D eigenvalue weighted by molar-refractivity contribution is 5.65. The topological polar surface area (TPSA) is 225 Å². The molecule has 20 atom stereocenters. The van der Waals surface area contributed by atoms with Crippen molar-refractivity contribution in [1.82, 2.24) is 0 Å². The number of hydrogen-bond donors (Lipinski definition) is 8.